The summed E-state index contributed by atoms with van der Waals surface area (Å²) in [7, 11) is -2.36. The SMILES string of the molecule is CCS/C=C(\NC(=O)c1ccccc1)[P+](c1ccccc1)(c1ccccc1)c1ccccc1. The summed E-state index contributed by atoms with van der Waals surface area (Å²) in [6, 6.07) is 41.2. The topological polar surface area (TPSA) is 29.1 Å². The quantitative estimate of drug-likeness (QED) is 0.323. The van der Waals surface area contributed by atoms with Crippen molar-refractivity contribution in [3.63, 3.8) is 0 Å². The molecule has 1 N–H and O–H groups in total. The van der Waals surface area contributed by atoms with Crippen molar-refractivity contribution in [3.05, 3.63) is 138 Å². The van der Waals surface area contributed by atoms with Gasteiger partial charge in [-0.3, -0.25) is 10.1 Å². The summed E-state index contributed by atoms with van der Waals surface area (Å²) in [5.74, 6) is 0.828. The molecular formula is C29H27NOPS+. The highest BCUT2D eigenvalue weighted by molar-refractivity contribution is 8.04. The molecule has 0 unspecified atom stereocenters. The van der Waals surface area contributed by atoms with E-state index in [1.165, 1.54) is 15.9 Å². The molecule has 0 atom stereocenters. The first-order chi connectivity index (χ1) is 16.3. The van der Waals surface area contributed by atoms with E-state index in [4.69, 9.17) is 0 Å². The van der Waals surface area contributed by atoms with E-state index in [2.05, 4.69) is 90.4 Å². The van der Waals surface area contributed by atoms with Crippen molar-refractivity contribution in [3.8, 4) is 0 Å². The van der Waals surface area contributed by atoms with Crippen molar-refractivity contribution in [1.82, 2.24) is 5.32 Å². The van der Waals surface area contributed by atoms with E-state index in [0.29, 0.717) is 5.56 Å². The van der Waals surface area contributed by atoms with Crippen molar-refractivity contribution < 1.29 is 4.79 Å². The van der Waals surface area contributed by atoms with E-state index in [1.54, 1.807) is 11.8 Å². The zero-order chi connectivity index (χ0) is 22.9. The molecular weight excluding hydrogens is 441 g/mol. The lowest BCUT2D eigenvalue weighted by Crippen LogP contribution is -2.38. The standard InChI is InChI=1S/C29H26NOPS/c1-2-33-23-28(30-29(31)24-15-7-3-8-16-24)32(25-17-9-4-10-18-25,26-19-11-5-12-20-26)27-21-13-6-14-22-27/h3-23H,2H2,1H3/p+1/b28-23+. The second kappa shape index (κ2) is 11.1. The summed E-state index contributed by atoms with van der Waals surface area (Å²) in [5, 5.41) is 9.13. The van der Waals surface area contributed by atoms with Crippen LogP contribution in [0.25, 0.3) is 0 Å². The molecule has 4 heteroatoms. The molecule has 4 rings (SSSR count). The van der Waals surface area contributed by atoms with E-state index in [-0.39, 0.29) is 5.91 Å². The monoisotopic (exact) mass is 468 g/mol. The lowest BCUT2D eigenvalue weighted by molar-refractivity contribution is 0.0968. The Balaban J connectivity index is 1.99. The molecule has 0 aliphatic carbocycles. The largest absolute Gasteiger partial charge is 0.292 e. The predicted octanol–water partition coefficient (Wildman–Crippen LogP) is 5.96. The van der Waals surface area contributed by atoms with Crippen LogP contribution in [0.4, 0.5) is 0 Å². The Morgan fingerprint density at radius 2 is 1.09 bits per heavy atom. The maximum absolute atomic E-state index is 13.4. The van der Waals surface area contributed by atoms with Crippen molar-refractivity contribution >= 4 is 40.8 Å². The number of amides is 1. The van der Waals surface area contributed by atoms with Gasteiger partial charge in [0, 0.05) is 11.0 Å². The first kappa shape index (κ1) is 23.0. The van der Waals surface area contributed by atoms with Crippen LogP contribution in [0.5, 0.6) is 0 Å². The van der Waals surface area contributed by atoms with Crippen LogP contribution >= 0.6 is 19.0 Å². The van der Waals surface area contributed by atoms with E-state index in [9.17, 15) is 4.79 Å². The maximum atomic E-state index is 13.4. The smallest absolute Gasteiger partial charge is 0.258 e. The number of hydrogen-bond acceptors (Lipinski definition) is 2. The molecule has 0 aliphatic heterocycles. The van der Waals surface area contributed by atoms with Gasteiger partial charge in [-0.05, 0) is 54.3 Å². The number of carbonyl (C=O) groups excluding carboxylic acids is 1. The lowest BCUT2D eigenvalue weighted by Gasteiger charge is -2.29. The van der Waals surface area contributed by atoms with Crippen molar-refractivity contribution in [2.45, 2.75) is 6.92 Å². The highest BCUT2D eigenvalue weighted by Gasteiger charge is 2.50. The number of carbonyl (C=O) groups is 1. The van der Waals surface area contributed by atoms with E-state index < -0.39 is 7.26 Å². The van der Waals surface area contributed by atoms with Gasteiger partial charge in [-0.25, -0.2) is 0 Å². The Labute approximate surface area is 201 Å². The zero-order valence-corrected chi connectivity index (χ0v) is 20.3. The van der Waals surface area contributed by atoms with Crippen molar-refractivity contribution in [2.24, 2.45) is 0 Å². The second-order valence-corrected chi connectivity index (χ2v) is 12.0. The number of thioether (sulfide) groups is 1. The molecule has 1 amide bonds. The average Bonchev–Trinajstić information content (AvgIpc) is 2.90. The molecule has 4 aromatic rings. The van der Waals surface area contributed by atoms with Gasteiger partial charge in [0.25, 0.3) is 5.91 Å². The molecule has 164 valence electrons. The molecule has 0 saturated carbocycles. The van der Waals surface area contributed by atoms with Crippen LogP contribution < -0.4 is 21.2 Å². The van der Waals surface area contributed by atoms with Gasteiger partial charge in [0.15, 0.2) is 12.7 Å². The Kier molecular flexibility index (Phi) is 7.78. The highest BCUT2D eigenvalue weighted by Crippen LogP contribution is 2.61. The van der Waals surface area contributed by atoms with Crippen LogP contribution in [-0.4, -0.2) is 11.7 Å². The summed E-state index contributed by atoms with van der Waals surface area (Å²) >= 11 is 1.72. The van der Waals surface area contributed by atoms with Gasteiger partial charge in [-0.2, -0.15) is 0 Å². The fraction of sp³-hybridized carbons (Fsp3) is 0.0690. The Bertz CT molecular complexity index is 1100. The minimum absolute atomic E-state index is 0.0919. The fourth-order valence-corrected chi connectivity index (χ4v) is 9.05. The summed E-state index contributed by atoms with van der Waals surface area (Å²) < 4.78 is 0. The summed E-state index contributed by atoms with van der Waals surface area (Å²) in [6.45, 7) is 2.13. The van der Waals surface area contributed by atoms with E-state index in [0.717, 1.165) is 11.2 Å². The minimum atomic E-state index is -2.36. The van der Waals surface area contributed by atoms with Gasteiger partial charge < -0.3 is 0 Å². The molecule has 0 heterocycles. The van der Waals surface area contributed by atoms with Crippen LogP contribution in [0.1, 0.15) is 17.3 Å². The first-order valence-corrected chi connectivity index (χ1v) is 13.8. The van der Waals surface area contributed by atoms with Crippen LogP contribution in [0.3, 0.4) is 0 Å². The third kappa shape index (κ3) is 4.95. The van der Waals surface area contributed by atoms with Crippen molar-refractivity contribution in [2.75, 3.05) is 5.75 Å². The predicted molar refractivity (Wildman–Crippen MR) is 145 cm³/mol. The van der Waals surface area contributed by atoms with Gasteiger partial charge >= 0.3 is 0 Å². The first-order valence-electron chi connectivity index (χ1n) is 11.0. The third-order valence-corrected chi connectivity index (χ3v) is 10.5. The molecule has 0 aliphatic rings. The maximum Gasteiger partial charge on any atom is 0.258 e. The van der Waals surface area contributed by atoms with E-state index in [1.807, 2.05) is 48.5 Å². The van der Waals surface area contributed by atoms with E-state index >= 15 is 0 Å². The summed E-state index contributed by atoms with van der Waals surface area (Å²) in [5.41, 5.74) is 1.60. The molecule has 0 fully saturated rings. The number of benzene rings is 4. The van der Waals surface area contributed by atoms with Crippen molar-refractivity contribution in [1.29, 1.82) is 0 Å². The summed E-state index contributed by atoms with van der Waals surface area (Å²) in [4.78, 5) is 13.4. The van der Waals surface area contributed by atoms with Crippen LogP contribution in [-0.2, 0) is 0 Å². The van der Waals surface area contributed by atoms with Gasteiger partial charge in [0.2, 0.25) is 0 Å². The minimum Gasteiger partial charge on any atom is -0.292 e. The highest BCUT2D eigenvalue weighted by atomic mass is 32.2. The molecule has 0 radical (unpaired) electrons. The lowest BCUT2D eigenvalue weighted by atomic mass is 10.2. The van der Waals surface area contributed by atoms with Gasteiger partial charge in [-0.1, -0.05) is 79.7 Å². The Hall–Kier alpha value is -3.13. The average molecular weight is 469 g/mol. The molecule has 0 bridgehead atoms. The Morgan fingerprint density at radius 3 is 1.48 bits per heavy atom. The van der Waals surface area contributed by atoms with Crippen LogP contribution in [0.15, 0.2) is 132 Å². The number of nitrogens with one attached hydrogen (secondary N) is 1. The zero-order valence-electron chi connectivity index (χ0n) is 18.6. The normalized spacial score (nSPS) is 11.7. The number of hydrogen-bond donors (Lipinski definition) is 1. The van der Waals surface area contributed by atoms with Crippen LogP contribution in [0, 0.1) is 0 Å². The van der Waals surface area contributed by atoms with Gasteiger partial charge in [0.05, 0.1) is 0 Å². The third-order valence-electron chi connectivity index (χ3n) is 5.43. The Morgan fingerprint density at radius 1 is 0.697 bits per heavy atom. The van der Waals surface area contributed by atoms with Gasteiger partial charge in [-0.15, -0.1) is 11.8 Å². The molecule has 33 heavy (non-hydrogen) atoms. The molecule has 0 spiro atoms. The molecule has 2 nitrogen and oxygen atoms in total. The fourth-order valence-electron chi connectivity index (χ4n) is 3.95. The summed E-state index contributed by atoms with van der Waals surface area (Å²) in [6.07, 6.45) is 0. The molecule has 4 aromatic carbocycles. The van der Waals surface area contributed by atoms with Crippen LogP contribution in [0.2, 0.25) is 0 Å². The van der Waals surface area contributed by atoms with Gasteiger partial charge in [0.1, 0.15) is 15.9 Å². The second-order valence-electron chi connectivity index (χ2n) is 7.46. The molecule has 0 saturated heterocycles. The number of rotatable bonds is 8. The molecule has 0 aromatic heterocycles.